The first-order valence-electron chi connectivity index (χ1n) is 7.46. The molecule has 1 N–H and O–H groups in total. The molecule has 6 nitrogen and oxygen atoms in total. The van der Waals surface area contributed by atoms with E-state index < -0.39 is 0 Å². The van der Waals surface area contributed by atoms with Crippen LogP contribution in [0.1, 0.15) is 22.2 Å². The van der Waals surface area contributed by atoms with Crippen molar-refractivity contribution in [3.05, 3.63) is 49.3 Å². The number of hydrogen-bond acceptors (Lipinski definition) is 7. The average Bonchev–Trinajstić information content (AvgIpc) is 3.27. The first-order valence-corrected chi connectivity index (χ1v) is 9.22. The molecular formula is C16H14N4O2S2. The third-order valence-electron chi connectivity index (χ3n) is 3.91. The third-order valence-corrected chi connectivity index (χ3v) is 5.70. The van der Waals surface area contributed by atoms with Gasteiger partial charge in [-0.2, -0.15) is 16.3 Å². The molecule has 0 radical (unpaired) electrons. The molecule has 0 spiro atoms. The van der Waals surface area contributed by atoms with Gasteiger partial charge in [0.2, 0.25) is 11.7 Å². The molecule has 0 aliphatic carbocycles. The van der Waals surface area contributed by atoms with Crippen LogP contribution in [0.25, 0.3) is 21.6 Å². The lowest BCUT2D eigenvalue weighted by atomic mass is 10.2. The predicted octanol–water partition coefficient (Wildman–Crippen LogP) is 3.50. The Morgan fingerprint density at radius 1 is 1.25 bits per heavy atom. The number of aromatic amines is 1. The minimum atomic E-state index is -0.0821. The summed E-state index contributed by atoms with van der Waals surface area (Å²) in [6, 6.07) is 1.95. The Labute approximate surface area is 145 Å². The van der Waals surface area contributed by atoms with Crippen LogP contribution in [0, 0.1) is 13.8 Å². The van der Waals surface area contributed by atoms with Crippen molar-refractivity contribution in [3.63, 3.8) is 0 Å². The molecule has 4 heterocycles. The van der Waals surface area contributed by atoms with Crippen LogP contribution < -0.4 is 5.56 Å². The minimum absolute atomic E-state index is 0.0821. The third kappa shape index (κ3) is 2.67. The number of aromatic nitrogens is 4. The summed E-state index contributed by atoms with van der Waals surface area (Å²) >= 11 is 3.14. The number of H-pyrrole nitrogens is 1. The van der Waals surface area contributed by atoms with Crippen LogP contribution in [0.5, 0.6) is 0 Å². The van der Waals surface area contributed by atoms with Gasteiger partial charge in [0.15, 0.2) is 0 Å². The summed E-state index contributed by atoms with van der Waals surface area (Å²) in [5.74, 6) is 1.77. The molecule has 0 aliphatic heterocycles. The number of hydrogen-bond donors (Lipinski definition) is 1. The summed E-state index contributed by atoms with van der Waals surface area (Å²) in [6.45, 7) is 3.96. The van der Waals surface area contributed by atoms with Gasteiger partial charge in [0, 0.05) is 28.7 Å². The van der Waals surface area contributed by atoms with Gasteiger partial charge in [-0.05, 0) is 30.9 Å². The number of thiophene rings is 2. The summed E-state index contributed by atoms with van der Waals surface area (Å²) in [6.07, 6.45) is 1.08. The van der Waals surface area contributed by atoms with E-state index in [0.717, 1.165) is 20.8 Å². The average molecular weight is 358 g/mol. The molecule has 0 unspecified atom stereocenters. The van der Waals surface area contributed by atoms with Gasteiger partial charge in [0.25, 0.3) is 5.56 Å². The Hall–Kier alpha value is -2.32. The van der Waals surface area contributed by atoms with Gasteiger partial charge in [-0.15, -0.1) is 11.3 Å². The predicted molar refractivity (Wildman–Crippen MR) is 94.7 cm³/mol. The molecule has 24 heavy (non-hydrogen) atoms. The zero-order valence-corrected chi connectivity index (χ0v) is 14.8. The van der Waals surface area contributed by atoms with Gasteiger partial charge in [0.1, 0.15) is 10.7 Å². The SMILES string of the molecule is Cc1sc2nc(CCc3nc(-c4ccsc4)no3)[nH]c(=O)c2c1C. The fourth-order valence-electron chi connectivity index (χ4n) is 2.51. The molecule has 4 rings (SSSR count). The fourth-order valence-corrected chi connectivity index (χ4v) is 4.19. The molecule has 0 aliphatic rings. The molecule has 4 aromatic rings. The van der Waals surface area contributed by atoms with E-state index >= 15 is 0 Å². The molecule has 0 saturated heterocycles. The van der Waals surface area contributed by atoms with Crippen molar-refractivity contribution < 1.29 is 4.52 Å². The Morgan fingerprint density at radius 3 is 2.92 bits per heavy atom. The zero-order chi connectivity index (χ0) is 16.7. The van der Waals surface area contributed by atoms with E-state index in [4.69, 9.17) is 4.52 Å². The molecule has 0 saturated carbocycles. The maximum absolute atomic E-state index is 12.3. The van der Waals surface area contributed by atoms with E-state index in [1.54, 1.807) is 22.7 Å². The van der Waals surface area contributed by atoms with E-state index in [2.05, 4.69) is 20.1 Å². The maximum Gasteiger partial charge on any atom is 0.259 e. The maximum atomic E-state index is 12.3. The van der Waals surface area contributed by atoms with E-state index in [1.165, 1.54) is 0 Å². The summed E-state index contributed by atoms with van der Waals surface area (Å²) in [5, 5.41) is 8.62. The summed E-state index contributed by atoms with van der Waals surface area (Å²) < 4.78 is 5.28. The second-order valence-electron chi connectivity index (χ2n) is 5.50. The first-order chi connectivity index (χ1) is 11.6. The van der Waals surface area contributed by atoms with Crippen molar-refractivity contribution in [2.24, 2.45) is 0 Å². The highest BCUT2D eigenvalue weighted by Gasteiger charge is 2.13. The summed E-state index contributed by atoms with van der Waals surface area (Å²) in [5.41, 5.74) is 1.88. The highest BCUT2D eigenvalue weighted by atomic mass is 32.1. The van der Waals surface area contributed by atoms with Gasteiger partial charge in [0.05, 0.1) is 5.39 Å². The lowest BCUT2D eigenvalue weighted by molar-refractivity contribution is 0.378. The molecule has 122 valence electrons. The van der Waals surface area contributed by atoms with E-state index in [0.29, 0.717) is 35.8 Å². The zero-order valence-electron chi connectivity index (χ0n) is 13.1. The van der Waals surface area contributed by atoms with E-state index in [-0.39, 0.29) is 5.56 Å². The van der Waals surface area contributed by atoms with Gasteiger partial charge >= 0.3 is 0 Å². The molecule has 0 atom stereocenters. The number of aryl methyl sites for hydroxylation is 4. The van der Waals surface area contributed by atoms with Crippen LogP contribution in [0.2, 0.25) is 0 Å². The van der Waals surface area contributed by atoms with Crippen LogP contribution >= 0.6 is 22.7 Å². The molecule has 0 bridgehead atoms. The van der Waals surface area contributed by atoms with Crippen molar-refractivity contribution >= 4 is 32.9 Å². The number of nitrogens with one attached hydrogen (secondary N) is 1. The molecule has 4 aromatic heterocycles. The topological polar surface area (TPSA) is 84.7 Å². The van der Waals surface area contributed by atoms with Crippen LogP contribution in [-0.2, 0) is 12.8 Å². The second kappa shape index (κ2) is 5.95. The van der Waals surface area contributed by atoms with Crippen molar-refractivity contribution in [1.82, 2.24) is 20.1 Å². The fraction of sp³-hybridized carbons (Fsp3) is 0.250. The monoisotopic (exact) mass is 358 g/mol. The second-order valence-corrected chi connectivity index (χ2v) is 7.48. The molecular weight excluding hydrogens is 344 g/mol. The lowest BCUT2D eigenvalue weighted by Gasteiger charge is -1.98. The molecule has 0 fully saturated rings. The normalized spacial score (nSPS) is 11.4. The number of nitrogens with zero attached hydrogens (tertiary/aromatic N) is 3. The smallest absolute Gasteiger partial charge is 0.259 e. The van der Waals surface area contributed by atoms with Gasteiger partial charge in [-0.25, -0.2) is 4.98 Å². The van der Waals surface area contributed by atoms with Crippen LogP contribution in [0.15, 0.2) is 26.1 Å². The van der Waals surface area contributed by atoms with Crippen molar-refractivity contribution in [2.45, 2.75) is 26.7 Å². The summed E-state index contributed by atoms with van der Waals surface area (Å²) in [4.78, 5) is 26.0. The standard InChI is InChI=1S/C16H14N4O2S2/c1-8-9(2)24-16-13(8)15(21)17-11(18-16)3-4-12-19-14(20-22-12)10-5-6-23-7-10/h5-7H,3-4H2,1-2H3,(H,17,18,21). The first kappa shape index (κ1) is 15.2. The minimum Gasteiger partial charge on any atom is -0.339 e. The Bertz CT molecular complexity index is 1060. The molecule has 8 heteroatoms. The van der Waals surface area contributed by atoms with Gasteiger partial charge < -0.3 is 9.51 Å². The highest BCUT2D eigenvalue weighted by Crippen LogP contribution is 2.25. The van der Waals surface area contributed by atoms with Crippen molar-refractivity contribution in [2.75, 3.05) is 0 Å². The van der Waals surface area contributed by atoms with Gasteiger partial charge in [-0.1, -0.05) is 5.16 Å². The van der Waals surface area contributed by atoms with E-state index in [9.17, 15) is 4.79 Å². The number of rotatable bonds is 4. The quantitative estimate of drug-likeness (QED) is 0.603. The van der Waals surface area contributed by atoms with Gasteiger partial charge in [-0.3, -0.25) is 4.79 Å². The largest absolute Gasteiger partial charge is 0.339 e. The van der Waals surface area contributed by atoms with Crippen LogP contribution in [0.3, 0.4) is 0 Å². The Kier molecular flexibility index (Phi) is 3.78. The van der Waals surface area contributed by atoms with Crippen LogP contribution in [-0.4, -0.2) is 20.1 Å². The molecule has 0 amide bonds. The number of fused-ring (bicyclic) bond motifs is 1. The molecule has 0 aromatic carbocycles. The van der Waals surface area contributed by atoms with Crippen molar-refractivity contribution in [3.8, 4) is 11.4 Å². The summed E-state index contributed by atoms with van der Waals surface area (Å²) in [7, 11) is 0. The van der Waals surface area contributed by atoms with Crippen LogP contribution in [0.4, 0.5) is 0 Å². The highest BCUT2D eigenvalue weighted by molar-refractivity contribution is 7.18. The lowest BCUT2D eigenvalue weighted by Crippen LogP contribution is -2.12. The van der Waals surface area contributed by atoms with E-state index in [1.807, 2.05) is 30.7 Å². The Balaban J connectivity index is 1.56. The Morgan fingerprint density at radius 2 is 2.12 bits per heavy atom. The van der Waals surface area contributed by atoms with Crippen molar-refractivity contribution in [1.29, 1.82) is 0 Å².